The molecule has 2 aromatic rings. The molecule has 2 rings (SSSR count). The maximum absolute atomic E-state index is 12.2. The van der Waals surface area contributed by atoms with Crippen LogP contribution in [-0.2, 0) is 9.53 Å². The van der Waals surface area contributed by atoms with E-state index in [1.54, 1.807) is 63.6 Å². The van der Waals surface area contributed by atoms with Crippen molar-refractivity contribution in [1.29, 1.82) is 0 Å². The summed E-state index contributed by atoms with van der Waals surface area (Å²) >= 11 is 0. The number of ether oxygens (including phenoxy) is 3. The minimum absolute atomic E-state index is 0.155. The second-order valence-corrected chi connectivity index (χ2v) is 5.59. The molecule has 0 atom stereocenters. The third-order valence-corrected chi connectivity index (χ3v) is 3.76. The fourth-order valence-electron chi connectivity index (χ4n) is 2.38. The Kier molecular flexibility index (Phi) is 7.49. The van der Waals surface area contributed by atoms with Crippen LogP contribution in [0, 0.1) is 0 Å². The van der Waals surface area contributed by atoms with Crippen LogP contribution in [0.5, 0.6) is 11.5 Å². The minimum Gasteiger partial charge on any atom is -0.497 e. The number of hydrogen-bond donors (Lipinski definition) is 2. The van der Waals surface area contributed by atoms with Gasteiger partial charge in [-0.15, -0.1) is 0 Å². The Morgan fingerprint density at radius 1 is 1.00 bits per heavy atom. The molecule has 27 heavy (non-hydrogen) atoms. The lowest BCUT2D eigenvalue weighted by atomic mass is 10.2. The molecule has 0 bridgehead atoms. The van der Waals surface area contributed by atoms with E-state index in [0.717, 1.165) is 5.69 Å². The Morgan fingerprint density at radius 3 is 2.37 bits per heavy atom. The van der Waals surface area contributed by atoms with Gasteiger partial charge in [-0.2, -0.15) is 0 Å². The minimum atomic E-state index is -0.351. The molecule has 0 aliphatic rings. The highest BCUT2D eigenvalue weighted by Crippen LogP contribution is 2.28. The van der Waals surface area contributed by atoms with E-state index in [9.17, 15) is 9.59 Å². The molecule has 0 saturated carbocycles. The summed E-state index contributed by atoms with van der Waals surface area (Å²) in [5.41, 5.74) is 1.86. The van der Waals surface area contributed by atoms with Crippen molar-refractivity contribution < 1.29 is 23.8 Å². The molecule has 2 aromatic carbocycles. The Hall–Kier alpha value is -3.22. The molecular formula is C20H24N2O5. The third-order valence-electron chi connectivity index (χ3n) is 3.76. The lowest BCUT2D eigenvalue weighted by Crippen LogP contribution is -2.16. The van der Waals surface area contributed by atoms with E-state index in [0.29, 0.717) is 35.9 Å². The molecule has 0 saturated heterocycles. The van der Waals surface area contributed by atoms with E-state index in [2.05, 4.69) is 10.6 Å². The number of benzene rings is 2. The number of methoxy groups -OCH3 is 2. The van der Waals surface area contributed by atoms with Crippen molar-refractivity contribution in [2.24, 2.45) is 0 Å². The van der Waals surface area contributed by atoms with Gasteiger partial charge in [0.1, 0.15) is 11.5 Å². The first-order valence-corrected chi connectivity index (χ1v) is 8.60. The normalized spacial score (nSPS) is 10.0. The largest absolute Gasteiger partial charge is 0.497 e. The summed E-state index contributed by atoms with van der Waals surface area (Å²) in [5, 5.41) is 5.96. The summed E-state index contributed by atoms with van der Waals surface area (Å²) in [7, 11) is 3.10. The van der Waals surface area contributed by atoms with Crippen molar-refractivity contribution >= 4 is 23.3 Å². The second kappa shape index (κ2) is 10.1. The zero-order valence-electron chi connectivity index (χ0n) is 15.7. The first-order chi connectivity index (χ1) is 13.1. The summed E-state index contributed by atoms with van der Waals surface area (Å²) in [6.07, 6.45) is 0.264. The van der Waals surface area contributed by atoms with E-state index < -0.39 is 0 Å². The van der Waals surface area contributed by atoms with E-state index in [4.69, 9.17) is 14.2 Å². The van der Waals surface area contributed by atoms with Crippen LogP contribution in [0.3, 0.4) is 0 Å². The molecule has 0 heterocycles. The van der Waals surface area contributed by atoms with Gasteiger partial charge in [0.25, 0.3) is 0 Å². The van der Waals surface area contributed by atoms with Crippen molar-refractivity contribution in [3.05, 3.63) is 48.0 Å². The average molecular weight is 372 g/mol. The molecule has 0 aromatic heterocycles. The standard InChI is InChI=1S/C20H24N2O5/c1-4-27-20(24)14-5-7-15(8-6-14)21-12-11-19(23)22-17-13-16(25-2)9-10-18(17)26-3/h5-10,13,21H,4,11-12H2,1-3H3,(H,22,23). The fraction of sp³-hybridized carbons (Fsp3) is 0.300. The third kappa shape index (κ3) is 5.91. The predicted molar refractivity (Wildman–Crippen MR) is 104 cm³/mol. The van der Waals surface area contributed by atoms with Crippen molar-refractivity contribution in [3.8, 4) is 11.5 Å². The van der Waals surface area contributed by atoms with Gasteiger partial charge in [-0.1, -0.05) is 0 Å². The first-order valence-electron chi connectivity index (χ1n) is 8.60. The van der Waals surface area contributed by atoms with Gasteiger partial charge in [-0.25, -0.2) is 4.79 Å². The highest BCUT2D eigenvalue weighted by molar-refractivity contribution is 5.93. The molecule has 0 spiro atoms. The molecule has 7 nitrogen and oxygen atoms in total. The SMILES string of the molecule is CCOC(=O)c1ccc(NCCC(=O)Nc2cc(OC)ccc2OC)cc1. The van der Waals surface area contributed by atoms with Gasteiger partial charge in [0, 0.05) is 24.7 Å². The molecule has 0 aliphatic heterocycles. The summed E-state index contributed by atoms with van der Waals surface area (Å²) in [4.78, 5) is 23.8. The summed E-state index contributed by atoms with van der Waals surface area (Å²) in [5.74, 6) is 0.686. The summed E-state index contributed by atoms with van der Waals surface area (Å²) < 4.78 is 15.3. The molecule has 144 valence electrons. The van der Waals surface area contributed by atoms with Crippen LogP contribution in [0.4, 0.5) is 11.4 Å². The van der Waals surface area contributed by atoms with Gasteiger partial charge in [0.05, 0.1) is 32.1 Å². The monoisotopic (exact) mass is 372 g/mol. The molecule has 0 unspecified atom stereocenters. The highest BCUT2D eigenvalue weighted by Gasteiger charge is 2.09. The van der Waals surface area contributed by atoms with Crippen molar-refractivity contribution in [3.63, 3.8) is 0 Å². The van der Waals surface area contributed by atoms with Crippen LogP contribution in [0.15, 0.2) is 42.5 Å². The van der Waals surface area contributed by atoms with Crippen LogP contribution >= 0.6 is 0 Å². The first kappa shape index (κ1) is 20.1. The number of hydrogen-bond acceptors (Lipinski definition) is 6. The smallest absolute Gasteiger partial charge is 0.338 e. The number of nitrogens with one attached hydrogen (secondary N) is 2. The van der Waals surface area contributed by atoms with Gasteiger partial charge in [0.2, 0.25) is 5.91 Å². The summed E-state index contributed by atoms with van der Waals surface area (Å²) in [6.45, 7) is 2.54. The summed E-state index contributed by atoms with van der Waals surface area (Å²) in [6, 6.07) is 12.1. The van der Waals surface area contributed by atoms with Crippen molar-refractivity contribution in [1.82, 2.24) is 0 Å². The highest BCUT2D eigenvalue weighted by atomic mass is 16.5. The van der Waals surface area contributed by atoms with Crippen molar-refractivity contribution in [2.75, 3.05) is 38.0 Å². The van der Waals surface area contributed by atoms with Crippen LogP contribution < -0.4 is 20.1 Å². The molecule has 0 fully saturated rings. The van der Waals surface area contributed by atoms with Crippen molar-refractivity contribution in [2.45, 2.75) is 13.3 Å². The maximum Gasteiger partial charge on any atom is 0.338 e. The van der Waals surface area contributed by atoms with Crippen LogP contribution in [0.1, 0.15) is 23.7 Å². The number of anilines is 2. The number of esters is 1. The van der Waals surface area contributed by atoms with Crippen LogP contribution in [0.25, 0.3) is 0 Å². The van der Waals surface area contributed by atoms with E-state index in [-0.39, 0.29) is 18.3 Å². The number of carbonyl (C=O) groups excluding carboxylic acids is 2. The number of rotatable bonds is 9. The van der Waals surface area contributed by atoms with Crippen LogP contribution in [-0.4, -0.2) is 39.2 Å². The van der Waals surface area contributed by atoms with E-state index in [1.807, 2.05) is 0 Å². The molecule has 7 heteroatoms. The quantitative estimate of drug-likeness (QED) is 0.657. The van der Waals surface area contributed by atoms with Gasteiger partial charge in [0.15, 0.2) is 0 Å². The zero-order chi connectivity index (χ0) is 19.6. The second-order valence-electron chi connectivity index (χ2n) is 5.59. The van der Waals surface area contributed by atoms with Gasteiger partial charge in [-0.3, -0.25) is 4.79 Å². The lowest BCUT2D eigenvalue weighted by molar-refractivity contribution is -0.116. The maximum atomic E-state index is 12.2. The van der Waals surface area contributed by atoms with Gasteiger partial charge in [-0.05, 0) is 43.3 Å². The van der Waals surface area contributed by atoms with E-state index in [1.165, 1.54) is 0 Å². The molecule has 0 radical (unpaired) electrons. The fourth-order valence-corrected chi connectivity index (χ4v) is 2.38. The van der Waals surface area contributed by atoms with E-state index >= 15 is 0 Å². The molecular weight excluding hydrogens is 348 g/mol. The average Bonchev–Trinajstić information content (AvgIpc) is 2.68. The predicted octanol–water partition coefficient (Wildman–Crippen LogP) is 3.32. The Labute approximate surface area is 158 Å². The zero-order valence-corrected chi connectivity index (χ0v) is 15.7. The molecule has 2 N–H and O–H groups in total. The number of carbonyl (C=O) groups is 2. The Bertz CT molecular complexity index is 774. The van der Waals surface area contributed by atoms with Gasteiger partial charge >= 0.3 is 5.97 Å². The number of amides is 1. The Morgan fingerprint density at radius 2 is 1.74 bits per heavy atom. The van der Waals surface area contributed by atoms with Crippen LogP contribution in [0.2, 0.25) is 0 Å². The topological polar surface area (TPSA) is 85.9 Å². The molecule has 1 amide bonds. The lowest BCUT2D eigenvalue weighted by Gasteiger charge is -2.12. The molecule has 0 aliphatic carbocycles. The van der Waals surface area contributed by atoms with Gasteiger partial charge < -0.3 is 24.8 Å². The Balaban J connectivity index is 1.85.